The fraction of sp³-hybridized carbons (Fsp3) is 0.719. The quantitative estimate of drug-likeness (QED) is 0.173. The van der Waals surface area contributed by atoms with Gasteiger partial charge in [0, 0.05) is 25.6 Å². The van der Waals surface area contributed by atoms with E-state index >= 15 is 0 Å². The van der Waals surface area contributed by atoms with E-state index < -0.39 is 36.5 Å². The summed E-state index contributed by atoms with van der Waals surface area (Å²) in [6, 6.07) is -0.665. The van der Waals surface area contributed by atoms with Crippen LogP contribution in [0.25, 0.3) is 0 Å². The monoisotopic (exact) mass is 565 g/mol. The highest BCUT2D eigenvalue weighted by Gasteiger charge is 2.63. The molecule has 9 heteroatoms. The van der Waals surface area contributed by atoms with Crippen molar-refractivity contribution in [2.24, 2.45) is 59.2 Å². The van der Waals surface area contributed by atoms with Crippen LogP contribution in [-0.2, 0) is 14.3 Å². The van der Waals surface area contributed by atoms with Crippen LogP contribution in [0.15, 0.2) is 36.5 Å². The van der Waals surface area contributed by atoms with Gasteiger partial charge in [-0.05, 0) is 91.3 Å². The van der Waals surface area contributed by atoms with Crippen LogP contribution in [0.2, 0.25) is 0 Å². The second kappa shape index (κ2) is 10.7. The second-order valence-electron chi connectivity index (χ2n) is 13.8. The van der Waals surface area contributed by atoms with E-state index in [2.05, 4.69) is 35.8 Å². The predicted molar refractivity (Wildman–Crippen MR) is 150 cm³/mol. The van der Waals surface area contributed by atoms with Gasteiger partial charge in [-0.2, -0.15) is 0 Å². The summed E-state index contributed by atoms with van der Waals surface area (Å²) in [6.07, 6.45) is 15.0. The summed E-state index contributed by atoms with van der Waals surface area (Å²) >= 11 is 0. The van der Waals surface area contributed by atoms with Gasteiger partial charge in [-0.3, -0.25) is 19.8 Å². The molecule has 41 heavy (non-hydrogen) atoms. The molecule has 0 aromatic carbocycles. The fourth-order valence-electron chi connectivity index (χ4n) is 7.83. The van der Waals surface area contributed by atoms with E-state index in [0.717, 1.165) is 53.3 Å². The molecular weight excluding hydrogens is 522 g/mol. The van der Waals surface area contributed by atoms with Crippen molar-refractivity contribution in [1.29, 1.82) is 0 Å². The highest BCUT2D eigenvalue weighted by atomic mass is 16.6. The molecule has 222 valence electrons. The molecule has 4 N–H and O–H groups in total. The van der Waals surface area contributed by atoms with Crippen LogP contribution in [0.5, 0.6) is 0 Å². The summed E-state index contributed by atoms with van der Waals surface area (Å²) in [5.74, 6) is 8.29. The predicted octanol–water partition coefficient (Wildman–Crippen LogP) is 2.36. The van der Waals surface area contributed by atoms with Crippen LogP contribution < -0.4 is 10.6 Å². The summed E-state index contributed by atoms with van der Waals surface area (Å²) < 4.78 is 5.67. The SMILES string of the molecule is CC1CC1/C=C/C1CC1C1CC1C1CC1C1CC1/C=C/C=C/C(=O)NC[C@H]1O[C@@H](N2CCC(=O)NC2=O)[C@H](O)[C@@H]1O. The first-order valence-electron chi connectivity index (χ1n) is 15.7. The molecule has 14 atom stereocenters. The third-order valence-electron chi connectivity index (χ3n) is 10.9. The standard InChI is InChI=1S/C32H43N3O6/c1-16-10-17(16)6-7-19-12-21(19)23-14-25(23)24-13-22(24)20-11-18(20)4-2-3-5-27(36)33-15-26-29(38)30(39)31(41-26)35-9-8-28(37)34-32(35)40/h2-7,16-26,29-31,38-39H,8-15H2,1H3,(H,33,36)(H,34,37,40)/b4-2+,5-3+,7-6+/t16?,17?,18?,19?,20?,21?,22?,23?,24?,25?,26-,29-,30-,31-/m1/s1. The molecule has 7 aliphatic rings. The Morgan fingerprint density at radius 3 is 2.20 bits per heavy atom. The van der Waals surface area contributed by atoms with Crippen molar-refractivity contribution in [3.8, 4) is 0 Å². The maximum absolute atomic E-state index is 12.3. The summed E-state index contributed by atoms with van der Waals surface area (Å²) in [7, 11) is 0. The van der Waals surface area contributed by atoms with Crippen molar-refractivity contribution in [2.45, 2.75) is 70.0 Å². The minimum Gasteiger partial charge on any atom is -0.387 e. The minimum absolute atomic E-state index is 0.0104. The molecule has 0 spiro atoms. The number of aliphatic hydroxyl groups excluding tert-OH is 2. The molecule has 5 saturated carbocycles. The van der Waals surface area contributed by atoms with Crippen molar-refractivity contribution in [3.63, 3.8) is 0 Å². The molecule has 2 saturated heterocycles. The zero-order valence-electron chi connectivity index (χ0n) is 23.7. The number of rotatable bonds is 11. The smallest absolute Gasteiger partial charge is 0.326 e. The normalized spacial score (nSPS) is 48.2. The Hall–Kier alpha value is -2.49. The number of amides is 4. The van der Waals surface area contributed by atoms with E-state index in [4.69, 9.17) is 4.74 Å². The molecular formula is C32H43N3O6. The first-order chi connectivity index (χ1) is 19.8. The van der Waals surface area contributed by atoms with Crippen LogP contribution in [-0.4, -0.2) is 70.6 Å². The zero-order valence-corrected chi connectivity index (χ0v) is 23.7. The summed E-state index contributed by atoms with van der Waals surface area (Å²) in [5, 5.41) is 25.6. The van der Waals surface area contributed by atoms with Gasteiger partial charge in [0.1, 0.15) is 18.3 Å². The van der Waals surface area contributed by atoms with Crippen molar-refractivity contribution in [1.82, 2.24) is 15.5 Å². The van der Waals surface area contributed by atoms with Crippen LogP contribution in [0.4, 0.5) is 4.79 Å². The van der Waals surface area contributed by atoms with Gasteiger partial charge in [0.25, 0.3) is 0 Å². The Bertz CT molecular complexity index is 1170. The van der Waals surface area contributed by atoms with Gasteiger partial charge < -0.3 is 20.3 Å². The van der Waals surface area contributed by atoms with E-state index in [-0.39, 0.29) is 25.4 Å². The van der Waals surface area contributed by atoms with E-state index in [1.165, 1.54) is 43.1 Å². The minimum atomic E-state index is -1.33. The molecule has 7 fully saturated rings. The van der Waals surface area contributed by atoms with Crippen LogP contribution in [0.1, 0.15) is 45.4 Å². The molecule has 2 aliphatic heterocycles. The average molecular weight is 566 g/mol. The third-order valence-corrected chi connectivity index (χ3v) is 10.9. The molecule has 4 amide bonds. The number of urea groups is 1. The first-order valence-corrected chi connectivity index (χ1v) is 15.7. The largest absolute Gasteiger partial charge is 0.387 e. The lowest BCUT2D eigenvalue weighted by Gasteiger charge is -2.32. The number of aliphatic hydroxyl groups is 2. The average Bonchev–Trinajstić information content (AvgIpc) is 3.72. The Balaban J connectivity index is 0.787. The lowest BCUT2D eigenvalue weighted by atomic mass is 10.1. The fourth-order valence-corrected chi connectivity index (χ4v) is 7.83. The summed E-state index contributed by atoms with van der Waals surface area (Å²) in [5.41, 5.74) is 0. The Labute approximate surface area is 241 Å². The van der Waals surface area contributed by atoms with Crippen molar-refractivity contribution < 1.29 is 29.3 Å². The number of ether oxygens (including phenoxy) is 1. The molecule has 0 aromatic heterocycles. The van der Waals surface area contributed by atoms with Gasteiger partial charge in [0.2, 0.25) is 11.8 Å². The number of hydrogen-bond donors (Lipinski definition) is 4. The maximum atomic E-state index is 12.3. The summed E-state index contributed by atoms with van der Waals surface area (Å²) in [6.45, 7) is 2.44. The second-order valence-corrected chi connectivity index (χ2v) is 13.8. The molecule has 2 heterocycles. The van der Waals surface area contributed by atoms with Crippen LogP contribution >= 0.6 is 0 Å². The Morgan fingerprint density at radius 1 is 0.902 bits per heavy atom. The van der Waals surface area contributed by atoms with Gasteiger partial charge in [-0.1, -0.05) is 37.3 Å². The van der Waals surface area contributed by atoms with Gasteiger partial charge in [0.05, 0.1) is 0 Å². The third kappa shape index (κ3) is 5.90. The molecule has 0 aromatic rings. The number of nitrogens with one attached hydrogen (secondary N) is 2. The van der Waals surface area contributed by atoms with Gasteiger partial charge in [0.15, 0.2) is 6.23 Å². The Morgan fingerprint density at radius 2 is 1.54 bits per heavy atom. The first kappa shape index (κ1) is 27.3. The molecule has 9 nitrogen and oxygen atoms in total. The highest BCUT2D eigenvalue weighted by Crippen LogP contribution is 2.70. The summed E-state index contributed by atoms with van der Waals surface area (Å²) in [4.78, 5) is 36.9. The van der Waals surface area contributed by atoms with Crippen molar-refractivity contribution >= 4 is 17.8 Å². The van der Waals surface area contributed by atoms with E-state index in [0.29, 0.717) is 5.92 Å². The van der Waals surface area contributed by atoms with E-state index in [1.807, 2.05) is 6.08 Å². The number of hydrogen-bond acceptors (Lipinski definition) is 6. The topological polar surface area (TPSA) is 128 Å². The number of carbonyl (C=O) groups is 3. The van der Waals surface area contributed by atoms with Gasteiger partial charge >= 0.3 is 6.03 Å². The van der Waals surface area contributed by atoms with Crippen LogP contribution in [0.3, 0.4) is 0 Å². The number of nitrogens with zero attached hydrogens (tertiary/aromatic N) is 1. The zero-order chi connectivity index (χ0) is 28.4. The van der Waals surface area contributed by atoms with Gasteiger partial charge in [-0.25, -0.2) is 4.79 Å². The number of carbonyl (C=O) groups excluding carboxylic acids is 3. The number of allylic oxidation sites excluding steroid dienone is 5. The van der Waals surface area contributed by atoms with Crippen molar-refractivity contribution in [3.05, 3.63) is 36.5 Å². The highest BCUT2D eigenvalue weighted by molar-refractivity contribution is 5.96. The molecule has 0 bridgehead atoms. The van der Waals surface area contributed by atoms with E-state index in [1.54, 1.807) is 6.08 Å². The maximum Gasteiger partial charge on any atom is 0.326 e. The molecule has 10 unspecified atom stereocenters. The number of imide groups is 1. The lowest BCUT2D eigenvalue weighted by Crippen LogP contribution is -2.56. The van der Waals surface area contributed by atoms with Crippen LogP contribution in [0, 0.1) is 59.2 Å². The molecule has 5 aliphatic carbocycles. The Kier molecular flexibility index (Phi) is 7.11. The van der Waals surface area contributed by atoms with Gasteiger partial charge in [-0.15, -0.1) is 0 Å². The lowest BCUT2D eigenvalue weighted by molar-refractivity contribution is -0.125. The van der Waals surface area contributed by atoms with E-state index in [9.17, 15) is 24.6 Å². The molecule has 0 radical (unpaired) electrons. The van der Waals surface area contributed by atoms with Crippen molar-refractivity contribution in [2.75, 3.05) is 13.1 Å². The molecule has 7 rings (SSSR count).